The van der Waals surface area contributed by atoms with E-state index in [1.807, 2.05) is 13.0 Å². The Balaban J connectivity index is 0.000000329. The fourth-order valence-corrected chi connectivity index (χ4v) is 4.99. The van der Waals surface area contributed by atoms with Crippen molar-refractivity contribution in [2.24, 2.45) is 0 Å². The predicted octanol–water partition coefficient (Wildman–Crippen LogP) is 5.45. The highest BCUT2D eigenvalue weighted by atomic mass is 19.1. The van der Waals surface area contributed by atoms with Crippen LogP contribution in [0.25, 0.3) is 0 Å². The second-order valence-corrected chi connectivity index (χ2v) is 10.6. The Kier molecular flexibility index (Phi) is 11.9. The molecule has 0 radical (unpaired) electrons. The lowest BCUT2D eigenvalue weighted by atomic mass is 9.97. The van der Waals surface area contributed by atoms with Crippen LogP contribution in [0.5, 0.6) is 5.75 Å². The summed E-state index contributed by atoms with van der Waals surface area (Å²) < 4.78 is 54.0. The van der Waals surface area contributed by atoms with Crippen molar-refractivity contribution >= 4 is 24.0 Å². The number of nitrogens with zero attached hydrogens (tertiary/aromatic N) is 3. The lowest BCUT2D eigenvalue weighted by Gasteiger charge is -2.29. The lowest BCUT2D eigenvalue weighted by Crippen LogP contribution is -2.38. The molecule has 5 rings (SSSR count). The van der Waals surface area contributed by atoms with E-state index in [1.54, 1.807) is 13.1 Å². The van der Waals surface area contributed by atoms with Crippen LogP contribution in [0.15, 0.2) is 60.2 Å². The van der Waals surface area contributed by atoms with Gasteiger partial charge in [0.05, 0.1) is 25.9 Å². The Hall–Kier alpha value is -4.12. The van der Waals surface area contributed by atoms with Crippen LogP contribution < -0.4 is 19.9 Å². The average Bonchev–Trinajstić information content (AvgIpc) is 3.72. The Bertz CT molecular complexity index is 1350. The third kappa shape index (κ3) is 8.47. The van der Waals surface area contributed by atoms with Gasteiger partial charge in [0.1, 0.15) is 23.2 Å². The third-order valence-electron chi connectivity index (χ3n) is 7.20. The minimum Gasteiger partial charge on any atom is -0.497 e. The first-order valence-electron chi connectivity index (χ1n) is 14.0. The number of rotatable bonds is 7. The Morgan fingerprint density at radius 2 is 1.79 bits per heavy atom. The number of halogens is 3. The number of hydrogen-bond acceptors (Lipinski definition) is 6. The van der Waals surface area contributed by atoms with Gasteiger partial charge in [0, 0.05) is 50.2 Å². The largest absolute Gasteiger partial charge is 0.497 e. The van der Waals surface area contributed by atoms with Crippen LogP contribution in [0.2, 0.25) is 0 Å². The van der Waals surface area contributed by atoms with Crippen LogP contribution >= 0.6 is 0 Å². The van der Waals surface area contributed by atoms with E-state index in [1.165, 1.54) is 29.2 Å². The van der Waals surface area contributed by atoms with E-state index in [9.17, 15) is 18.0 Å². The number of amides is 2. The van der Waals surface area contributed by atoms with Gasteiger partial charge >= 0.3 is 0 Å². The van der Waals surface area contributed by atoms with Crippen LogP contribution in [0.1, 0.15) is 45.1 Å². The zero-order valence-corrected chi connectivity index (χ0v) is 25.2. The minimum atomic E-state index is -0.790. The molecule has 3 aliphatic heterocycles. The van der Waals surface area contributed by atoms with Gasteiger partial charge < -0.3 is 19.7 Å². The highest BCUT2D eigenvalue weighted by Crippen LogP contribution is 2.38. The topological polar surface area (TPSA) is 84.0 Å². The smallest absolute Gasteiger partial charge is 0.228 e. The number of benzene rings is 1. The molecule has 3 aliphatic rings. The third-order valence-corrected chi connectivity index (χ3v) is 7.20. The fraction of sp³-hybridized carbons (Fsp3) is 0.406. The number of carbonyl (C=O) groups is 2. The minimum absolute atomic E-state index is 0.0540. The SMILES string of the molecule is C=C/C(C)=C\C=C(C)C.CNC=O.COc1cc(F)c(C2CC(=O)N(c3nc(N4CC5CC4CO5)ccc3F)C2)c(F)c1. The maximum absolute atomic E-state index is 14.6. The molecule has 232 valence electrons. The first kappa shape index (κ1) is 33.4. The van der Waals surface area contributed by atoms with E-state index in [4.69, 9.17) is 14.3 Å². The first-order chi connectivity index (χ1) is 20.5. The van der Waals surface area contributed by atoms with Crippen molar-refractivity contribution in [3.05, 3.63) is 83.2 Å². The van der Waals surface area contributed by atoms with Gasteiger partial charge in [-0.25, -0.2) is 18.2 Å². The van der Waals surface area contributed by atoms with Gasteiger partial charge in [-0.15, -0.1) is 0 Å². The number of allylic oxidation sites excluding steroid dienone is 5. The number of pyridine rings is 1. The van der Waals surface area contributed by atoms with E-state index in [0.29, 0.717) is 25.4 Å². The first-order valence-corrected chi connectivity index (χ1v) is 14.0. The number of aromatic nitrogens is 1. The number of methoxy groups -OCH3 is 1. The molecule has 2 aromatic rings. The molecule has 4 heterocycles. The summed E-state index contributed by atoms with van der Waals surface area (Å²) in [4.78, 5) is 29.3. The number of carbonyl (C=O) groups excluding carboxylic acids is 2. The predicted molar refractivity (Wildman–Crippen MR) is 161 cm³/mol. The number of hydrogen-bond donors (Lipinski definition) is 1. The van der Waals surface area contributed by atoms with Gasteiger partial charge in [-0.05, 0) is 39.3 Å². The van der Waals surface area contributed by atoms with Crippen molar-refractivity contribution in [2.75, 3.05) is 43.7 Å². The van der Waals surface area contributed by atoms with Crippen molar-refractivity contribution in [1.29, 1.82) is 0 Å². The standard InChI is InChI=1S/C21H20F3N3O3.C9H14.C2H5NO/c1-29-13-6-16(23)20(17(24)7-13)11-4-19(28)27(8-11)21-15(22)2-3-18(25-21)26-9-14-5-12(26)10-30-14;1-5-9(4)7-6-8(2)3;1-3-2-4/h2-3,6-7,11-12,14H,4-5,8-10H2,1H3;5-7H,1H2,2-4H3;2H,1H3,(H,3,4)/b;9-7-;. The summed E-state index contributed by atoms with van der Waals surface area (Å²) in [5, 5.41) is 2.25. The molecule has 3 saturated heterocycles. The molecule has 8 nitrogen and oxygen atoms in total. The van der Waals surface area contributed by atoms with Crippen molar-refractivity contribution in [1.82, 2.24) is 10.3 Å². The van der Waals surface area contributed by atoms with E-state index in [-0.39, 0.29) is 42.2 Å². The number of fused-ring (bicyclic) bond motifs is 2. The Morgan fingerprint density at radius 3 is 2.30 bits per heavy atom. The highest BCUT2D eigenvalue weighted by Gasteiger charge is 2.41. The van der Waals surface area contributed by atoms with Crippen LogP contribution in [0, 0.1) is 17.5 Å². The van der Waals surface area contributed by atoms with E-state index in [0.717, 1.165) is 18.6 Å². The zero-order valence-electron chi connectivity index (χ0n) is 25.2. The fourth-order valence-electron chi connectivity index (χ4n) is 4.99. The van der Waals surface area contributed by atoms with Crippen LogP contribution in [-0.2, 0) is 14.3 Å². The van der Waals surface area contributed by atoms with Crippen molar-refractivity contribution in [2.45, 2.75) is 51.7 Å². The Morgan fingerprint density at radius 1 is 1.12 bits per heavy atom. The molecule has 0 saturated carbocycles. The monoisotopic (exact) mass is 600 g/mol. The van der Waals surface area contributed by atoms with Crippen LogP contribution in [0.3, 0.4) is 0 Å². The molecular weight excluding hydrogens is 561 g/mol. The second-order valence-electron chi connectivity index (χ2n) is 10.6. The molecule has 43 heavy (non-hydrogen) atoms. The van der Waals surface area contributed by atoms with Crippen molar-refractivity contribution in [3.8, 4) is 5.75 Å². The molecule has 2 amide bonds. The molecule has 2 bridgehead atoms. The maximum Gasteiger partial charge on any atom is 0.228 e. The van der Waals surface area contributed by atoms with E-state index < -0.39 is 29.3 Å². The van der Waals surface area contributed by atoms with E-state index in [2.05, 4.69) is 47.8 Å². The second kappa shape index (κ2) is 15.4. The summed E-state index contributed by atoms with van der Waals surface area (Å²) >= 11 is 0. The van der Waals surface area contributed by atoms with Gasteiger partial charge in [0.15, 0.2) is 11.6 Å². The van der Waals surface area contributed by atoms with Crippen molar-refractivity contribution < 1.29 is 32.2 Å². The number of anilines is 2. The van der Waals surface area contributed by atoms with Crippen LogP contribution in [-0.4, -0.2) is 63.3 Å². The summed E-state index contributed by atoms with van der Waals surface area (Å²) in [6, 6.07) is 5.20. The molecule has 0 spiro atoms. The summed E-state index contributed by atoms with van der Waals surface area (Å²) in [5.74, 6) is -2.89. The van der Waals surface area contributed by atoms with Gasteiger partial charge in [-0.2, -0.15) is 0 Å². The van der Waals surface area contributed by atoms with Crippen molar-refractivity contribution in [3.63, 3.8) is 0 Å². The molecule has 1 N–H and O–H groups in total. The molecular formula is C32H39F3N4O4. The molecule has 3 atom stereocenters. The Labute approximate surface area is 250 Å². The summed E-state index contributed by atoms with van der Waals surface area (Å²) in [6.07, 6.45) is 7.52. The average molecular weight is 601 g/mol. The molecule has 11 heteroatoms. The number of nitrogens with one attached hydrogen (secondary N) is 1. The summed E-state index contributed by atoms with van der Waals surface area (Å²) in [6.45, 7) is 11.0. The van der Waals surface area contributed by atoms with Gasteiger partial charge in [0.25, 0.3) is 0 Å². The number of morpholine rings is 1. The van der Waals surface area contributed by atoms with E-state index >= 15 is 0 Å². The molecule has 3 fully saturated rings. The van der Waals surface area contributed by atoms with Crippen LogP contribution in [0.4, 0.5) is 24.8 Å². The summed E-state index contributed by atoms with van der Waals surface area (Å²) in [5.41, 5.74) is 2.32. The quantitative estimate of drug-likeness (QED) is 0.336. The van der Waals surface area contributed by atoms with Gasteiger partial charge in [0.2, 0.25) is 12.3 Å². The van der Waals surface area contributed by atoms with Gasteiger partial charge in [-0.3, -0.25) is 14.5 Å². The van der Waals surface area contributed by atoms with Gasteiger partial charge in [-0.1, -0.05) is 36.0 Å². The lowest BCUT2D eigenvalue weighted by molar-refractivity contribution is -0.117. The number of ether oxygens (including phenoxy) is 2. The highest BCUT2D eigenvalue weighted by molar-refractivity contribution is 5.96. The zero-order chi connectivity index (χ0) is 31.7. The molecule has 1 aromatic heterocycles. The maximum atomic E-state index is 14.6. The summed E-state index contributed by atoms with van der Waals surface area (Å²) in [7, 11) is 2.88. The molecule has 3 unspecified atom stereocenters. The molecule has 0 aliphatic carbocycles. The molecule has 1 aromatic carbocycles. The normalized spacial score (nSPS) is 20.5.